The smallest absolute Gasteiger partial charge is 0.351 e. The van der Waals surface area contributed by atoms with Gasteiger partial charge in [-0.2, -0.15) is 0 Å². The molecule has 1 heterocycles. The maximum Gasteiger partial charge on any atom is 0.351 e. The van der Waals surface area contributed by atoms with Crippen LogP contribution < -0.4 is 10.4 Å². The Morgan fingerprint density at radius 2 is 1.82 bits per heavy atom. The van der Waals surface area contributed by atoms with Crippen molar-refractivity contribution in [3.8, 4) is 5.75 Å². The van der Waals surface area contributed by atoms with E-state index < -0.39 is 29.3 Å². The fourth-order valence-electron chi connectivity index (χ4n) is 2.59. The van der Waals surface area contributed by atoms with Crippen molar-refractivity contribution in [1.29, 1.82) is 0 Å². The summed E-state index contributed by atoms with van der Waals surface area (Å²) in [7, 11) is 1.42. The molecule has 0 saturated heterocycles. The summed E-state index contributed by atoms with van der Waals surface area (Å²) in [6.45, 7) is 1.37. The summed E-state index contributed by atoms with van der Waals surface area (Å²) in [6, 6.07) is 9.41. The molecule has 3 aromatic rings. The molecule has 0 radical (unpaired) electrons. The van der Waals surface area contributed by atoms with Gasteiger partial charge in [0, 0.05) is 15.4 Å². The lowest BCUT2D eigenvalue weighted by atomic mass is 10.1. The van der Waals surface area contributed by atoms with Gasteiger partial charge < -0.3 is 13.9 Å². The standard InChI is InChI=1S/C20H14BrFO6/c1-10(17(23)11-3-5-14(22)6-4-11)27-19(24)15-8-12-7-13(21)9-16(26-2)18(12)28-20(15)25/h3-10H,1-2H3/t10-/m0/s1. The van der Waals surface area contributed by atoms with E-state index in [4.69, 9.17) is 13.9 Å². The van der Waals surface area contributed by atoms with Crippen LogP contribution in [0.5, 0.6) is 5.75 Å². The molecule has 1 aromatic heterocycles. The fraction of sp³-hybridized carbons (Fsp3) is 0.150. The van der Waals surface area contributed by atoms with Gasteiger partial charge in [-0.05, 0) is 49.4 Å². The van der Waals surface area contributed by atoms with E-state index in [-0.39, 0.29) is 16.7 Å². The number of hydrogen-bond acceptors (Lipinski definition) is 6. The predicted octanol–water partition coefficient (Wildman–Crippen LogP) is 4.13. The first-order valence-electron chi connectivity index (χ1n) is 8.12. The average molecular weight is 449 g/mol. The van der Waals surface area contributed by atoms with E-state index in [1.54, 1.807) is 12.1 Å². The number of benzene rings is 2. The Morgan fingerprint density at radius 3 is 2.46 bits per heavy atom. The van der Waals surface area contributed by atoms with E-state index >= 15 is 0 Å². The predicted molar refractivity (Wildman–Crippen MR) is 102 cm³/mol. The maximum atomic E-state index is 13.0. The first-order valence-corrected chi connectivity index (χ1v) is 8.91. The van der Waals surface area contributed by atoms with Gasteiger partial charge in [0.2, 0.25) is 5.78 Å². The van der Waals surface area contributed by atoms with Crippen LogP contribution in [-0.4, -0.2) is 25.0 Å². The van der Waals surface area contributed by atoms with Crippen LogP contribution in [0.1, 0.15) is 27.6 Å². The molecule has 0 aliphatic carbocycles. The van der Waals surface area contributed by atoms with Crippen molar-refractivity contribution in [1.82, 2.24) is 0 Å². The Labute approximate surface area is 167 Å². The molecule has 0 aliphatic rings. The number of rotatable bonds is 5. The summed E-state index contributed by atoms with van der Waals surface area (Å²) in [5.41, 5.74) is -0.908. The molecule has 28 heavy (non-hydrogen) atoms. The van der Waals surface area contributed by atoms with E-state index in [0.717, 1.165) is 12.1 Å². The third-order valence-corrected chi connectivity index (χ3v) is 4.44. The first kappa shape index (κ1) is 19.8. The van der Waals surface area contributed by atoms with E-state index in [9.17, 15) is 18.8 Å². The van der Waals surface area contributed by atoms with Crippen molar-refractivity contribution < 1.29 is 27.9 Å². The number of carbonyl (C=O) groups excluding carboxylic acids is 2. The maximum absolute atomic E-state index is 13.0. The van der Waals surface area contributed by atoms with Crippen LogP contribution in [0.3, 0.4) is 0 Å². The molecule has 0 unspecified atom stereocenters. The molecule has 6 nitrogen and oxygen atoms in total. The Hall–Kier alpha value is -3.00. The molecule has 0 fully saturated rings. The average Bonchev–Trinajstić information content (AvgIpc) is 2.67. The SMILES string of the molecule is COc1cc(Br)cc2cc(C(=O)O[C@@H](C)C(=O)c3ccc(F)cc3)c(=O)oc12. The lowest BCUT2D eigenvalue weighted by Crippen LogP contribution is -2.27. The number of hydrogen-bond donors (Lipinski definition) is 0. The highest BCUT2D eigenvalue weighted by molar-refractivity contribution is 9.10. The van der Waals surface area contributed by atoms with Crippen LogP contribution in [0, 0.1) is 5.82 Å². The van der Waals surface area contributed by atoms with Gasteiger partial charge in [0.15, 0.2) is 17.4 Å². The number of carbonyl (C=O) groups is 2. The Balaban J connectivity index is 1.88. The van der Waals surface area contributed by atoms with Gasteiger partial charge in [-0.15, -0.1) is 0 Å². The lowest BCUT2D eigenvalue weighted by molar-refractivity contribution is 0.0315. The molecule has 0 saturated carbocycles. The van der Waals surface area contributed by atoms with E-state index in [1.807, 2.05) is 0 Å². The van der Waals surface area contributed by atoms with Gasteiger partial charge >= 0.3 is 11.6 Å². The number of ketones is 1. The van der Waals surface area contributed by atoms with E-state index in [0.29, 0.717) is 15.6 Å². The number of methoxy groups -OCH3 is 1. The van der Waals surface area contributed by atoms with Gasteiger partial charge in [0.05, 0.1) is 7.11 Å². The third-order valence-electron chi connectivity index (χ3n) is 3.98. The summed E-state index contributed by atoms with van der Waals surface area (Å²) < 4.78 is 29.1. The molecular weight excluding hydrogens is 435 g/mol. The Morgan fingerprint density at radius 1 is 1.14 bits per heavy atom. The summed E-state index contributed by atoms with van der Waals surface area (Å²) in [6.07, 6.45) is -1.18. The minimum atomic E-state index is -1.18. The van der Waals surface area contributed by atoms with Crippen molar-refractivity contribution in [2.45, 2.75) is 13.0 Å². The molecular formula is C20H14BrFO6. The molecule has 2 aromatic carbocycles. The summed E-state index contributed by atoms with van der Waals surface area (Å²) in [4.78, 5) is 37.0. The molecule has 0 amide bonds. The number of Topliss-reactive ketones (excluding diaryl/α,β-unsaturated/α-hetero) is 1. The minimum absolute atomic E-state index is 0.181. The molecule has 0 aliphatic heterocycles. The Bertz CT molecular complexity index is 1120. The summed E-state index contributed by atoms with van der Waals surface area (Å²) >= 11 is 3.31. The largest absolute Gasteiger partial charge is 0.493 e. The zero-order chi connectivity index (χ0) is 20.4. The highest BCUT2D eigenvalue weighted by atomic mass is 79.9. The van der Waals surface area contributed by atoms with Gasteiger partial charge in [0.1, 0.15) is 11.4 Å². The molecule has 0 spiro atoms. The lowest BCUT2D eigenvalue weighted by Gasteiger charge is -2.12. The number of halogens is 2. The third kappa shape index (κ3) is 3.96. The highest BCUT2D eigenvalue weighted by Crippen LogP contribution is 2.29. The van der Waals surface area contributed by atoms with Gasteiger partial charge in [0.25, 0.3) is 0 Å². The molecule has 144 valence electrons. The number of esters is 1. The first-order chi connectivity index (χ1) is 13.3. The molecule has 8 heteroatoms. The van der Waals surface area contributed by atoms with Crippen LogP contribution in [0.4, 0.5) is 4.39 Å². The monoisotopic (exact) mass is 448 g/mol. The van der Waals surface area contributed by atoms with Crippen molar-refractivity contribution in [2.24, 2.45) is 0 Å². The van der Waals surface area contributed by atoms with Crippen LogP contribution >= 0.6 is 15.9 Å². The highest BCUT2D eigenvalue weighted by Gasteiger charge is 2.23. The second-order valence-corrected chi connectivity index (χ2v) is 6.81. The van der Waals surface area contributed by atoms with Crippen molar-refractivity contribution in [2.75, 3.05) is 7.11 Å². The van der Waals surface area contributed by atoms with Crippen molar-refractivity contribution >= 4 is 38.7 Å². The Kier molecular flexibility index (Phi) is 5.60. The second kappa shape index (κ2) is 7.93. The topological polar surface area (TPSA) is 82.8 Å². The second-order valence-electron chi connectivity index (χ2n) is 5.89. The van der Waals surface area contributed by atoms with Gasteiger partial charge in [-0.25, -0.2) is 14.0 Å². The van der Waals surface area contributed by atoms with Crippen molar-refractivity contribution in [3.05, 3.63) is 74.3 Å². The van der Waals surface area contributed by atoms with Crippen LogP contribution in [0.2, 0.25) is 0 Å². The quantitative estimate of drug-likeness (QED) is 0.331. The zero-order valence-corrected chi connectivity index (χ0v) is 16.4. The fourth-order valence-corrected chi connectivity index (χ4v) is 3.04. The van der Waals surface area contributed by atoms with E-state index in [1.165, 1.54) is 32.2 Å². The van der Waals surface area contributed by atoms with Gasteiger partial charge in [-0.1, -0.05) is 15.9 Å². The van der Waals surface area contributed by atoms with Crippen LogP contribution in [0.25, 0.3) is 11.0 Å². The molecule has 0 N–H and O–H groups in total. The molecule has 0 bridgehead atoms. The van der Waals surface area contributed by atoms with Crippen LogP contribution in [0.15, 0.2) is 56.1 Å². The molecule has 3 rings (SSSR count). The van der Waals surface area contributed by atoms with E-state index in [2.05, 4.69) is 15.9 Å². The van der Waals surface area contributed by atoms with Gasteiger partial charge in [-0.3, -0.25) is 4.79 Å². The zero-order valence-electron chi connectivity index (χ0n) is 14.8. The number of fused-ring (bicyclic) bond motifs is 1. The number of ether oxygens (including phenoxy) is 2. The summed E-state index contributed by atoms with van der Waals surface area (Å²) in [5.74, 6) is -1.70. The minimum Gasteiger partial charge on any atom is -0.493 e. The molecule has 1 atom stereocenters. The van der Waals surface area contributed by atoms with Crippen LogP contribution in [-0.2, 0) is 4.74 Å². The van der Waals surface area contributed by atoms with Crippen molar-refractivity contribution in [3.63, 3.8) is 0 Å². The normalized spacial score (nSPS) is 11.9. The summed E-state index contributed by atoms with van der Waals surface area (Å²) in [5, 5.41) is 0.440.